The molecule has 2 aromatic rings. The van der Waals surface area contributed by atoms with Crippen LogP contribution in [0, 0.1) is 0 Å². The third-order valence-corrected chi connectivity index (χ3v) is 4.69. The van der Waals surface area contributed by atoms with Crippen LogP contribution in [0.1, 0.15) is 37.8 Å². The maximum absolute atomic E-state index is 3.79. The van der Waals surface area contributed by atoms with Crippen LogP contribution in [0.15, 0.2) is 60.7 Å². The predicted octanol–water partition coefficient (Wildman–Crippen LogP) is 4.13. The predicted molar refractivity (Wildman–Crippen MR) is 85.0 cm³/mol. The highest BCUT2D eigenvalue weighted by atomic mass is 15.0. The summed E-state index contributed by atoms with van der Waals surface area (Å²) in [6, 6.07) is 23.1. The molecule has 1 saturated heterocycles. The molecule has 2 unspecified atom stereocenters. The lowest BCUT2D eigenvalue weighted by Gasteiger charge is -2.36. The van der Waals surface area contributed by atoms with Gasteiger partial charge in [-0.05, 0) is 30.9 Å². The van der Waals surface area contributed by atoms with E-state index in [-0.39, 0.29) is 5.41 Å². The fourth-order valence-electron chi connectivity index (χ4n) is 3.91. The third kappa shape index (κ3) is 2.06. The zero-order valence-electron chi connectivity index (χ0n) is 12.3. The standard InChI is InChI=1S/C19H23N/c1-3-18-19(14-15(2)20-18,16-10-6-4-7-11-16)17-12-8-5-9-13-17/h4-13,15,18,20H,3,14H2,1-2H3. The number of rotatable bonds is 3. The lowest BCUT2D eigenvalue weighted by molar-refractivity contribution is 0.423. The minimum Gasteiger partial charge on any atom is -0.310 e. The highest BCUT2D eigenvalue weighted by molar-refractivity contribution is 5.43. The van der Waals surface area contributed by atoms with E-state index in [4.69, 9.17) is 0 Å². The van der Waals surface area contributed by atoms with Gasteiger partial charge >= 0.3 is 0 Å². The van der Waals surface area contributed by atoms with Gasteiger partial charge in [0.25, 0.3) is 0 Å². The molecule has 1 aliphatic rings. The van der Waals surface area contributed by atoms with Gasteiger partial charge in [0, 0.05) is 17.5 Å². The Morgan fingerprint density at radius 3 is 1.90 bits per heavy atom. The molecule has 0 spiro atoms. The normalized spacial score (nSPS) is 24.7. The maximum Gasteiger partial charge on any atom is 0.0370 e. The summed E-state index contributed by atoms with van der Waals surface area (Å²) in [6.45, 7) is 4.59. The van der Waals surface area contributed by atoms with E-state index in [0.717, 1.165) is 6.42 Å². The molecule has 1 aliphatic heterocycles. The number of hydrogen-bond acceptors (Lipinski definition) is 1. The Hall–Kier alpha value is -1.60. The highest BCUT2D eigenvalue weighted by Gasteiger charge is 2.47. The summed E-state index contributed by atoms with van der Waals surface area (Å²) in [5, 5.41) is 3.79. The van der Waals surface area contributed by atoms with Crippen molar-refractivity contribution in [2.75, 3.05) is 0 Å². The average Bonchev–Trinajstić information content (AvgIpc) is 2.87. The van der Waals surface area contributed by atoms with Gasteiger partial charge in [-0.3, -0.25) is 0 Å². The Labute approximate surface area is 122 Å². The Morgan fingerprint density at radius 1 is 0.950 bits per heavy atom. The molecule has 0 saturated carbocycles. The largest absolute Gasteiger partial charge is 0.310 e. The molecule has 1 heteroatoms. The van der Waals surface area contributed by atoms with Gasteiger partial charge in [0.05, 0.1) is 0 Å². The Kier molecular flexibility index (Phi) is 3.62. The summed E-state index contributed by atoms with van der Waals surface area (Å²) in [4.78, 5) is 0. The molecular weight excluding hydrogens is 242 g/mol. The maximum atomic E-state index is 3.79. The van der Waals surface area contributed by atoms with Crippen molar-refractivity contribution in [1.29, 1.82) is 0 Å². The molecular formula is C19H23N. The second kappa shape index (κ2) is 5.41. The smallest absolute Gasteiger partial charge is 0.0370 e. The second-order valence-corrected chi connectivity index (χ2v) is 5.94. The topological polar surface area (TPSA) is 12.0 Å². The monoisotopic (exact) mass is 265 g/mol. The Balaban J connectivity index is 2.18. The summed E-state index contributed by atoms with van der Waals surface area (Å²) in [6.07, 6.45) is 2.31. The van der Waals surface area contributed by atoms with Crippen molar-refractivity contribution in [2.24, 2.45) is 0 Å². The van der Waals surface area contributed by atoms with E-state index >= 15 is 0 Å². The van der Waals surface area contributed by atoms with Gasteiger partial charge in [0.2, 0.25) is 0 Å². The molecule has 1 fully saturated rings. The van der Waals surface area contributed by atoms with Crippen molar-refractivity contribution in [3.63, 3.8) is 0 Å². The molecule has 20 heavy (non-hydrogen) atoms. The molecule has 1 nitrogen and oxygen atoms in total. The van der Waals surface area contributed by atoms with E-state index < -0.39 is 0 Å². The first-order chi connectivity index (χ1) is 9.77. The molecule has 104 valence electrons. The van der Waals surface area contributed by atoms with Crippen LogP contribution in [0.4, 0.5) is 0 Å². The zero-order valence-corrected chi connectivity index (χ0v) is 12.3. The van der Waals surface area contributed by atoms with Crippen molar-refractivity contribution in [3.05, 3.63) is 71.8 Å². The molecule has 0 aliphatic carbocycles. The third-order valence-electron chi connectivity index (χ3n) is 4.69. The molecule has 1 N–H and O–H groups in total. The fourth-order valence-corrected chi connectivity index (χ4v) is 3.91. The lowest BCUT2D eigenvalue weighted by Crippen LogP contribution is -2.41. The van der Waals surface area contributed by atoms with Crippen LogP contribution >= 0.6 is 0 Å². The molecule has 3 rings (SSSR count). The Bertz CT molecular complexity index is 507. The first-order valence-electron chi connectivity index (χ1n) is 7.64. The highest BCUT2D eigenvalue weighted by Crippen LogP contribution is 2.44. The minimum atomic E-state index is 0.108. The van der Waals surface area contributed by atoms with Gasteiger partial charge in [-0.2, -0.15) is 0 Å². The van der Waals surface area contributed by atoms with Crippen LogP contribution in [-0.2, 0) is 5.41 Å². The number of hydrogen-bond donors (Lipinski definition) is 1. The quantitative estimate of drug-likeness (QED) is 0.879. The first-order valence-corrected chi connectivity index (χ1v) is 7.64. The lowest BCUT2D eigenvalue weighted by atomic mass is 9.68. The summed E-state index contributed by atoms with van der Waals surface area (Å²) in [5.41, 5.74) is 2.99. The van der Waals surface area contributed by atoms with Crippen LogP contribution in [0.2, 0.25) is 0 Å². The molecule has 0 aromatic heterocycles. The first kappa shape index (κ1) is 13.4. The number of nitrogens with one attached hydrogen (secondary N) is 1. The summed E-state index contributed by atoms with van der Waals surface area (Å²) in [7, 11) is 0. The van der Waals surface area contributed by atoms with Gasteiger partial charge in [0.15, 0.2) is 0 Å². The van der Waals surface area contributed by atoms with Crippen molar-refractivity contribution in [3.8, 4) is 0 Å². The van der Waals surface area contributed by atoms with Crippen molar-refractivity contribution in [2.45, 2.75) is 44.2 Å². The molecule has 0 bridgehead atoms. The van der Waals surface area contributed by atoms with Gasteiger partial charge in [-0.1, -0.05) is 67.6 Å². The zero-order chi connectivity index (χ0) is 14.0. The molecule has 0 amide bonds. The van der Waals surface area contributed by atoms with E-state index in [1.54, 1.807) is 0 Å². The van der Waals surface area contributed by atoms with Gasteiger partial charge in [-0.25, -0.2) is 0 Å². The van der Waals surface area contributed by atoms with Gasteiger partial charge in [-0.15, -0.1) is 0 Å². The van der Waals surface area contributed by atoms with E-state index in [9.17, 15) is 0 Å². The molecule has 2 aromatic carbocycles. The van der Waals surface area contributed by atoms with Crippen LogP contribution in [-0.4, -0.2) is 12.1 Å². The van der Waals surface area contributed by atoms with Gasteiger partial charge < -0.3 is 5.32 Å². The fraction of sp³-hybridized carbons (Fsp3) is 0.368. The summed E-state index contributed by atoms with van der Waals surface area (Å²) >= 11 is 0. The van der Waals surface area contributed by atoms with Crippen LogP contribution < -0.4 is 5.32 Å². The van der Waals surface area contributed by atoms with Crippen molar-refractivity contribution in [1.82, 2.24) is 5.32 Å². The van der Waals surface area contributed by atoms with E-state index in [1.807, 2.05) is 0 Å². The molecule has 0 radical (unpaired) electrons. The van der Waals surface area contributed by atoms with Crippen LogP contribution in [0.3, 0.4) is 0 Å². The van der Waals surface area contributed by atoms with Crippen LogP contribution in [0.25, 0.3) is 0 Å². The number of benzene rings is 2. The van der Waals surface area contributed by atoms with Gasteiger partial charge in [0.1, 0.15) is 0 Å². The summed E-state index contributed by atoms with van der Waals surface area (Å²) < 4.78 is 0. The average molecular weight is 265 g/mol. The van der Waals surface area contributed by atoms with E-state index in [0.29, 0.717) is 12.1 Å². The van der Waals surface area contributed by atoms with Crippen molar-refractivity contribution >= 4 is 0 Å². The molecule has 1 heterocycles. The SMILES string of the molecule is CCC1NC(C)CC1(c1ccccc1)c1ccccc1. The van der Waals surface area contributed by atoms with Crippen molar-refractivity contribution < 1.29 is 0 Å². The van der Waals surface area contributed by atoms with Crippen LogP contribution in [0.5, 0.6) is 0 Å². The van der Waals surface area contributed by atoms with E-state index in [1.165, 1.54) is 17.5 Å². The summed E-state index contributed by atoms with van der Waals surface area (Å²) in [5.74, 6) is 0. The Morgan fingerprint density at radius 2 is 1.45 bits per heavy atom. The van der Waals surface area contributed by atoms with E-state index in [2.05, 4.69) is 79.8 Å². The second-order valence-electron chi connectivity index (χ2n) is 5.94. The minimum absolute atomic E-state index is 0.108. The molecule has 2 atom stereocenters.